The number of benzene rings is 2. The molecule has 33 heavy (non-hydrogen) atoms. The van der Waals surface area contributed by atoms with E-state index in [2.05, 4.69) is 31.0 Å². The lowest BCUT2D eigenvalue weighted by atomic mass is 9.86. The van der Waals surface area contributed by atoms with Gasteiger partial charge in [0, 0.05) is 5.02 Å². The maximum Gasteiger partial charge on any atom is 0.297 e. The number of nitrogens with zero attached hydrogens (tertiary/aromatic N) is 3. The third-order valence-corrected chi connectivity index (χ3v) is 7.19. The van der Waals surface area contributed by atoms with E-state index in [4.69, 9.17) is 16.0 Å². The Hall–Kier alpha value is -3.03. The second kappa shape index (κ2) is 7.78. The summed E-state index contributed by atoms with van der Waals surface area (Å²) in [6.45, 7) is 8.40. The molecule has 8 heteroatoms. The number of hydrogen-bond donors (Lipinski definition) is 0. The van der Waals surface area contributed by atoms with Crippen LogP contribution in [0.1, 0.15) is 66.0 Å². The maximum absolute atomic E-state index is 13.6. The summed E-state index contributed by atoms with van der Waals surface area (Å²) in [5.74, 6) is -0.365. The van der Waals surface area contributed by atoms with Gasteiger partial charge in [-0.25, -0.2) is 0 Å². The maximum atomic E-state index is 13.6. The van der Waals surface area contributed by atoms with Crippen molar-refractivity contribution in [1.82, 2.24) is 10.2 Å². The molecular formula is C25H22ClN3O3S. The normalized spacial score (nSPS) is 16.0. The summed E-state index contributed by atoms with van der Waals surface area (Å²) in [6.07, 6.45) is 0.706. The molecule has 0 bridgehead atoms. The van der Waals surface area contributed by atoms with Crippen LogP contribution in [0.15, 0.2) is 51.7 Å². The molecule has 1 atom stereocenters. The van der Waals surface area contributed by atoms with Gasteiger partial charge in [-0.3, -0.25) is 14.5 Å². The summed E-state index contributed by atoms with van der Waals surface area (Å²) in [4.78, 5) is 28.7. The highest BCUT2D eigenvalue weighted by Crippen LogP contribution is 2.42. The number of aryl methyl sites for hydroxylation is 1. The van der Waals surface area contributed by atoms with Crippen molar-refractivity contribution < 1.29 is 9.21 Å². The van der Waals surface area contributed by atoms with Crippen LogP contribution in [0.3, 0.4) is 0 Å². The molecular weight excluding hydrogens is 458 g/mol. The molecule has 1 aliphatic rings. The summed E-state index contributed by atoms with van der Waals surface area (Å²) in [5.41, 5.74) is 2.29. The highest BCUT2D eigenvalue weighted by Gasteiger charge is 2.45. The van der Waals surface area contributed by atoms with Crippen molar-refractivity contribution in [2.24, 2.45) is 0 Å². The molecule has 0 radical (unpaired) electrons. The summed E-state index contributed by atoms with van der Waals surface area (Å²) in [6, 6.07) is 12.2. The third kappa shape index (κ3) is 3.56. The van der Waals surface area contributed by atoms with Gasteiger partial charge in [0.15, 0.2) is 5.43 Å². The number of anilines is 1. The molecule has 0 spiro atoms. The zero-order valence-corrected chi connectivity index (χ0v) is 20.3. The Labute approximate surface area is 199 Å². The highest BCUT2D eigenvalue weighted by molar-refractivity contribution is 7.15. The minimum Gasteiger partial charge on any atom is -0.450 e. The predicted octanol–water partition coefficient (Wildman–Crippen LogP) is 5.91. The molecule has 6 nitrogen and oxygen atoms in total. The first-order valence-electron chi connectivity index (χ1n) is 10.7. The molecule has 1 amide bonds. The number of amides is 1. The van der Waals surface area contributed by atoms with Crippen molar-refractivity contribution in [1.29, 1.82) is 0 Å². The van der Waals surface area contributed by atoms with E-state index in [1.165, 1.54) is 16.2 Å². The van der Waals surface area contributed by atoms with Gasteiger partial charge in [0.05, 0.1) is 17.0 Å². The lowest BCUT2D eigenvalue weighted by Crippen LogP contribution is -2.29. The molecule has 0 saturated heterocycles. The number of aromatic nitrogens is 2. The fourth-order valence-corrected chi connectivity index (χ4v) is 5.09. The van der Waals surface area contributed by atoms with Gasteiger partial charge < -0.3 is 4.42 Å². The Morgan fingerprint density at radius 2 is 1.82 bits per heavy atom. The fourth-order valence-electron chi connectivity index (χ4n) is 4.11. The summed E-state index contributed by atoms with van der Waals surface area (Å²) in [7, 11) is 0. The Bertz CT molecular complexity index is 1450. The molecule has 2 aromatic heterocycles. The summed E-state index contributed by atoms with van der Waals surface area (Å²) < 4.78 is 5.97. The molecule has 2 aromatic carbocycles. The average Bonchev–Trinajstić information content (AvgIpc) is 3.36. The third-order valence-electron chi connectivity index (χ3n) is 5.89. The van der Waals surface area contributed by atoms with Gasteiger partial charge in [-0.2, -0.15) is 0 Å². The van der Waals surface area contributed by atoms with E-state index >= 15 is 0 Å². The molecule has 0 N–H and O–H groups in total. The molecule has 4 aromatic rings. The Morgan fingerprint density at radius 1 is 1.09 bits per heavy atom. The van der Waals surface area contributed by atoms with Crippen molar-refractivity contribution in [3.63, 3.8) is 0 Å². The summed E-state index contributed by atoms with van der Waals surface area (Å²) >= 11 is 7.49. The molecule has 5 rings (SSSR count). The minimum atomic E-state index is -0.668. The van der Waals surface area contributed by atoms with E-state index in [0.29, 0.717) is 33.1 Å². The fraction of sp³-hybridized carbons (Fsp3) is 0.280. The van der Waals surface area contributed by atoms with E-state index in [9.17, 15) is 9.59 Å². The van der Waals surface area contributed by atoms with E-state index < -0.39 is 11.9 Å². The zero-order chi connectivity index (χ0) is 23.5. The zero-order valence-electron chi connectivity index (χ0n) is 18.7. The highest BCUT2D eigenvalue weighted by atomic mass is 35.5. The van der Waals surface area contributed by atoms with Crippen molar-refractivity contribution in [3.8, 4) is 0 Å². The van der Waals surface area contributed by atoms with Crippen molar-refractivity contribution >= 4 is 44.9 Å². The standard InChI is InChI=1S/C25H22ClN3O3S/c1-5-18-27-28-24(33-18)29-20(13-6-8-14(9-7-13)25(2,3)4)19-21(30)16-12-15(26)10-11-17(16)32-22(19)23(29)31/h6-12,20H,5H2,1-4H3/t20-/m1/s1. The first kappa shape index (κ1) is 21.8. The van der Waals surface area contributed by atoms with Gasteiger partial charge in [-0.15, -0.1) is 10.2 Å². The van der Waals surface area contributed by atoms with Gasteiger partial charge in [-0.05, 0) is 41.2 Å². The van der Waals surface area contributed by atoms with Crippen LogP contribution in [0.2, 0.25) is 5.02 Å². The van der Waals surface area contributed by atoms with E-state index in [-0.39, 0.29) is 16.6 Å². The number of hydrogen-bond acceptors (Lipinski definition) is 6. The van der Waals surface area contributed by atoms with Crippen LogP contribution >= 0.6 is 22.9 Å². The number of fused-ring (bicyclic) bond motifs is 2. The Morgan fingerprint density at radius 3 is 2.45 bits per heavy atom. The lowest BCUT2D eigenvalue weighted by Gasteiger charge is -2.24. The molecule has 3 heterocycles. The quantitative estimate of drug-likeness (QED) is 0.365. The van der Waals surface area contributed by atoms with Crippen molar-refractivity contribution in [2.45, 2.75) is 45.6 Å². The van der Waals surface area contributed by atoms with Gasteiger partial charge in [0.25, 0.3) is 5.91 Å². The Kier molecular flexibility index (Phi) is 5.14. The number of halogens is 1. The topological polar surface area (TPSA) is 76.3 Å². The second-order valence-electron chi connectivity index (χ2n) is 9.10. The SMILES string of the molecule is CCc1nnc(N2C(=O)c3oc4ccc(Cl)cc4c(=O)c3[C@H]2c2ccc(C(C)(C)C)cc2)s1. The van der Waals surface area contributed by atoms with Crippen LogP contribution in [-0.4, -0.2) is 16.1 Å². The Balaban J connectivity index is 1.76. The number of rotatable bonds is 3. The van der Waals surface area contributed by atoms with Crippen molar-refractivity contribution in [3.05, 3.63) is 85.2 Å². The average molecular weight is 480 g/mol. The lowest BCUT2D eigenvalue weighted by molar-refractivity contribution is 0.0970. The van der Waals surface area contributed by atoms with Crippen LogP contribution in [0.4, 0.5) is 5.13 Å². The van der Waals surface area contributed by atoms with Crippen LogP contribution < -0.4 is 10.3 Å². The van der Waals surface area contributed by atoms with Gasteiger partial charge in [0.1, 0.15) is 10.6 Å². The van der Waals surface area contributed by atoms with E-state index in [0.717, 1.165) is 16.1 Å². The van der Waals surface area contributed by atoms with Crippen LogP contribution in [0.5, 0.6) is 0 Å². The second-order valence-corrected chi connectivity index (χ2v) is 10.6. The van der Waals surface area contributed by atoms with Crippen LogP contribution in [0, 0.1) is 0 Å². The monoisotopic (exact) mass is 479 g/mol. The van der Waals surface area contributed by atoms with Crippen LogP contribution in [-0.2, 0) is 11.8 Å². The first-order valence-corrected chi connectivity index (χ1v) is 11.9. The molecule has 0 saturated carbocycles. The van der Waals surface area contributed by atoms with Gasteiger partial charge >= 0.3 is 0 Å². The van der Waals surface area contributed by atoms with Gasteiger partial charge in [-0.1, -0.05) is 74.9 Å². The number of carbonyl (C=O) groups excluding carboxylic acids is 1. The summed E-state index contributed by atoms with van der Waals surface area (Å²) in [5, 5.41) is 10.5. The smallest absolute Gasteiger partial charge is 0.297 e. The van der Waals surface area contributed by atoms with Gasteiger partial charge in [0.2, 0.25) is 10.9 Å². The van der Waals surface area contributed by atoms with E-state index in [1.807, 2.05) is 31.2 Å². The molecule has 1 aliphatic heterocycles. The molecule has 0 fully saturated rings. The molecule has 0 unspecified atom stereocenters. The van der Waals surface area contributed by atoms with E-state index in [1.54, 1.807) is 18.2 Å². The predicted molar refractivity (Wildman–Crippen MR) is 131 cm³/mol. The minimum absolute atomic E-state index is 0.0249. The number of carbonyl (C=O) groups is 1. The molecule has 0 aliphatic carbocycles. The largest absolute Gasteiger partial charge is 0.450 e. The van der Waals surface area contributed by atoms with Crippen molar-refractivity contribution in [2.75, 3.05) is 4.90 Å². The molecule has 168 valence electrons. The first-order chi connectivity index (χ1) is 15.7. The van der Waals surface area contributed by atoms with Crippen LogP contribution in [0.25, 0.3) is 11.0 Å².